The fourth-order valence-electron chi connectivity index (χ4n) is 3.81. The Morgan fingerprint density at radius 2 is 1.26 bits per heavy atom. The van der Waals surface area contributed by atoms with Crippen LogP contribution in [0.5, 0.6) is 0 Å². The molecule has 0 amide bonds. The van der Waals surface area contributed by atoms with E-state index >= 15 is 0 Å². The van der Waals surface area contributed by atoms with E-state index in [9.17, 15) is 4.79 Å². The first-order chi connectivity index (χ1) is 13.3. The molecule has 0 atom stereocenters. The van der Waals surface area contributed by atoms with Gasteiger partial charge in [0, 0.05) is 31.7 Å². The van der Waals surface area contributed by atoms with E-state index in [1.807, 2.05) is 30.3 Å². The van der Waals surface area contributed by atoms with Crippen molar-refractivity contribution in [2.24, 2.45) is 0 Å². The first-order valence-corrected chi connectivity index (χ1v) is 10.1. The van der Waals surface area contributed by atoms with E-state index in [-0.39, 0.29) is 12.2 Å². The van der Waals surface area contributed by atoms with Gasteiger partial charge in [0.1, 0.15) is 5.82 Å². The van der Waals surface area contributed by atoms with E-state index in [0.29, 0.717) is 11.4 Å². The van der Waals surface area contributed by atoms with Crippen molar-refractivity contribution >= 4 is 17.7 Å². The number of carbonyl (C=O) groups is 1. The minimum atomic E-state index is 0.0518. The Kier molecular flexibility index (Phi) is 5.61. The van der Waals surface area contributed by atoms with Crippen molar-refractivity contribution in [3.05, 3.63) is 41.7 Å². The summed E-state index contributed by atoms with van der Waals surface area (Å²) in [6.07, 6.45) is 7.42. The molecule has 2 aromatic rings. The second-order valence-corrected chi connectivity index (χ2v) is 7.41. The van der Waals surface area contributed by atoms with Crippen LogP contribution in [0.15, 0.2) is 30.3 Å². The van der Waals surface area contributed by atoms with Gasteiger partial charge in [-0.25, -0.2) is 0 Å². The molecule has 1 aromatic carbocycles. The van der Waals surface area contributed by atoms with Crippen LogP contribution in [0.1, 0.15) is 54.7 Å². The minimum Gasteiger partial charge on any atom is -0.341 e. The highest BCUT2D eigenvalue weighted by Crippen LogP contribution is 2.21. The van der Waals surface area contributed by atoms with Crippen LogP contribution in [0, 0.1) is 0 Å². The van der Waals surface area contributed by atoms with Gasteiger partial charge in [-0.05, 0) is 38.5 Å². The SMILES string of the molecule is O=C(Cc1nc(N2CCCCC2)nc(N2CCCCC2)n1)c1ccccc1. The highest BCUT2D eigenvalue weighted by atomic mass is 16.1. The highest BCUT2D eigenvalue weighted by Gasteiger charge is 2.21. The van der Waals surface area contributed by atoms with E-state index in [1.54, 1.807) is 0 Å². The predicted octanol–water partition coefficient (Wildman–Crippen LogP) is 3.28. The van der Waals surface area contributed by atoms with Crippen molar-refractivity contribution in [3.8, 4) is 0 Å². The van der Waals surface area contributed by atoms with Crippen LogP contribution < -0.4 is 9.80 Å². The third-order valence-electron chi connectivity index (χ3n) is 5.35. The molecule has 0 aliphatic carbocycles. The predicted molar refractivity (Wildman–Crippen MR) is 106 cm³/mol. The number of Topliss-reactive ketones (excluding diaryl/α,β-unsaturated/α-hetero) is 1. The van der Waals surface area contributed by atoms with Gasteiger partial charge in [0.25, 0.3) is 0 Å². The molecule has 0 radical (unpaired) electrons. The Bertz CT molecular complexity index is 731. The van der Waals surface area contributed by atoms with Crippen LogP contribution in [0.3, 0.4) is 0 Å². The number of piperidine rings is 2. The number of anilines is 2. The quantitative estimate of drug-likeness (QED) is 0.758. The smallest absolute Gasteiger partial charge is 0.230 e. The number of hydrogen-bond donors (Lipinski definition) is 0. The molecule has 0 N–H and O–H groups in total. The molecule has 0 saturated carbocycles. The van der Waals surface area contributed by atoms with Crippen LogP contribution in [0.4, 0.5) is 11.9 Å². The summed E-state index contributed by atoms with van der Waals surface area (Å²) in [4.78, 5) is 31.3. The first kappa shape index (κ1) is 17.9. The molecule has 2 fully saturated rings. The fourth-order valence-corrected chi connectivity index (χ4v) is 3.81. The topological polar surface area (TPSA) is 62.2 Å². The van der Waals surface area contributed by atoms with Gasteiger partial charge < -0.3 is 9.80 Å². The third-order valence-corrected chi connectivity index (χ3v) is 5.35. The summed E-state index contributed by atoms with van der Waals surface area (Å²) in [6.45, 7) is 3.93. The van der Waals surface area contributed by atoms with Crippen molar-refractivity contribution in [2.45, 2.75) is 44.9 Å². The molecule has 2 aliphatic heterocycles. The van der Waals surface area contributed by atoms with Crippen molar-refractivity contribution in [1.82, 2.24) is 15.0 Å². The van der Waals surface area contributed by atoms with Gasteiger partial charge in [0.15, 0.2) is 5.78 Å². The zero-order valence-electron chi connectivity index (χ0n) is 15.8. The Hall–Kier alpha value is -2.50. The number of ketones is 1. The lowest BCUT2D eigenvalue weighted by Crippen LogP contribution is -2.35. The maximum atomic E-state index is 12.7. The lowest BCUT2D eigenvalue weighted by atomic mass is 10.1. The molecule has 4 rings (SSSR count). The van der Waals surface area contributed by atoms with E-state index in [2.05, 4.69) is 19.8 Å². The number of benzene rings is 1. The average molecular weight is 365 g/mol. The van der Waals surface area contributed by atoms with Gasteiger partial charge in [-0.3, -0.25) is 4.79 Å². The molecule has 0 unspecified atom stereocenters. The molecule has 2 saturated heterocycles. The minimum absolute atomic E-state index is 0.0518. The largest absolute Gasteiger partial charge is 0.341 e. The van der Waals surface area contributed by atoms with Crippen molar-refractivity contribution in [1.29, 1.82) is 0 Å². The summed E-state index contributed by atoms with van der Waals surface area (Å²) in [7, 11) is 0. The van der Waals surface area contributed by atoms with E-state index in [4.69, 9.17) is 4.98 Å². The summed E-state index contributed by atoms with van der Waals surface area (Å²) in [5.41, 5.74) is 0.706. The maximum absolute atomic E-state index is 12.7. The summed E-state index contributed by atoms with van der Waals surface area (Å²) >= 11 is 0. The second kappa shape index (κ2) is 8.46. The lowest BCUT2D eigenvalue weighted by Gasteiger charge is -2.30. The van der Waals surface area contributed by atoms with Crippen LogP contribution in [-0.2, 0) is 6.42 Å². The van der Waals surface area contributed by atoms with Gasteiger partial charge in [-0.1, -0.05) is 30.3 Å². The molecule has 2 aliphatic rings. The molecule has 1 aromatic heterocycles. The number of rotatable bonds is 5. The van der Waals surface area contributed by atoms with Crippen molar-refractivity contribution < 1.29 is 4.79 Å². The van der Waals surface area contributed by atoms with Gasteiger partial charge in [-0.2, -0.15) is 15.0 Å². The third kappa shape index (κ3) is 4.43. The molecule has 6 heteroatoms. The normalized spacial score (nSPS) is 17.8. The highest BCUT2D eigenvalue weighted by molar-refractivity contribution is 5.97. The van der Waals surface area contributed by atoms with E-state index in [1.165, 1.54) is 38.5 Å². The molecular weight excluding hydrogens is 338 g/mol. The summed E-state index contributed by atoms with van der Waals surface area (Å²) < 4.78 is 0. The van der Waals surface area contributed by atoms with Gasteiger partial charge >= 0.3 is 0 Å². The zero-order valence-corrected chi connectivity index (χ0v) is 15.8. The Morgan fingerprint density at radius 1 is 0.741 bits per heavy atom. The van der Waals surface area contributed by atoms with Gasteiger partial charge in [-0.15, -0.1) is 0 Å². The van der Waals surface area contributed by atoms with Crippen molar-refractivity contribution in [3.63, 3.8) is 0 Å². The Morgan fingerprint density at radius 3 is 1.78 bits per heavy atom. The first-order valence-electron chi connectivity index (χ1n) is 10.1. The van der Waals surface area contributed by atoms with Gasteiger partial charge in [0.05, 0.1) is 6.42 Å². The monoisotopic (exact) mass is 365 g/mol. The summed E-state index contributed by atoms with van der Waals surface area (Å²) in [5.74, 6) is 2.11. The van der Waals surface area contributed by atoms with Crippen molar-refractivity contribution in [2.75, 3.05) is 36.0 Å². The van der Waals surface area contributed by atoms with E-state index in [0.717, 1.165) is 38.1 Å². The number of aromatic nitrogens is 3. The van der Waals surface area contributed by atoms with Crippen LogP contribution >= 0.6 is 0 Å². The number of nitrogens with zero attached hydrogens (tertiary/aromatic N) is 5. The average Bonchev–Trinajstić information content (AvgIpc) is 2.75. The van der Waals surface area contributed by atoms with Crippen LogP contribution in [-0.4, -0.2) is 46.9 Å². The number of carbonyl (C=O) groups excluding carboxylic acids is 1. The summed E-state index contributed by atoms with van der Waals surface area (Å²) in [5, 5.41) is 0. The second-order valence-electron chi connectivity index (χ2n) is 7.41. The lowest BCUT2D eigenvalue weighted by molar-refractivity contribution is 0.0991. The molecule has 3 heterocycles. The Labute approximate surface area is 160 Å². The van der Waals surface area contributed by atoms with Gasteiger partial charge in [0.2, 0.25) is 11.9 Å². The number of hydrogen-bond acceptors (Lipinski definition) is 6. The summed E-state index contributed by atoms with van der Waals surface area (Å²) in [6, 6.07) is 9.39. The van der Waals surface area contributed by atoms with E-state index < -0.39 is 0 Å². The van der Waals surface area contributed by atoms with Crippen LogP contribution in [0.25, 0.3) is 0 Å². The van der Waals surface area contributed by atoms with Crippen LogP contribution in [0.2, 0.25) is 0 Å². The molecule has 6 nitrogen and oxygen atoms in total. The molecule has 27 heavy (non-hydrogen) atoms. The molecule has 142 valence electrons. The standard InChI is InChI=1S/C21H27N5O/c27-18(17-10-4-1-5-11-17)16-19-22-20(25-12-6-2-7-13-25)24-21(23-19)26-14-8-3-9-15-26/h1,4-5,10-11H,2-3,6-9,12-16H2. The Balaban J connectivity index is 1.61. The maximum Gasteiger partial charge on any atom is 0.230 e. The fraction of sp³-hybridized carbons (Fsp3) is 0.524. The molecule has 0 bridgehead atoms. The molecule has 0 spiro atoms. The molecular formula is C21H27N5O. The zero-order chi connectivity index (χ0) is 18.5.